The lowest BCUT2D eigenvalue weighted by molar-refractivity contribution is 0.0866. The minimum absolute atomic E-state index is 0.0356. The quantitative estimate of drug-likeness (QED) is 0.868. The molecule has 0 amide bonds. The Hall–Kier alpha value is -1.55. The maximum absolute atomic E-state index is 12.6. The number of benzene rings is 1. The van der Waals surface area contributed by atoms with Crippen molar-refractivity contribution in [3.8, 4) is 5.75 Å². The highest BCUT2D eigenvalue weighted by Crippen LogP contribution is 2.33. The van der Waals surface area contributed by atoms with Crippen LogP contribution in [0.25, 0.3) is 0 Å². The summed E-state index contributed by atoms with van der Waals surface area (Å²) in [5.41, 5.74) is 1.49. The molecule has 0 saturated carbocycles. The van der Waals surface area contributed by atoms with Crippen molar-refractivity contribution in [3.63, 3.8) is 0 Å². The molecule has 0 aromatic heterocycles. The predicted molar refractivity (Wildman–Crippen MR) is 84.2 cm³/mol. The SMILES string of the molecule is CC(C(=O)c1ccc2c(c1)NCC(C)(C)O2)N1CCCC1. The van der Waals surface area contributed by atoms with Crippen LogP contribution in [0.3, 0.4) is 0 Å². The molecule has 1 aromatic rings. The van der Waals surface area contributed by atoms with Crippen molar-refractivity contribution in [1.82, 2.24) is 4.90 Å². The first kappa shape index (κ1) is 14.4. The number of hydrogen-bond donors (Lipinski definition) is 1. The van der Waals surface area contributed by atoms with Gasteiger partial charge in [-0.25, -0.2) is 0 Å². The molecule has 0 spiro atoms. The molecule has 3 rings (SSSR count). The summed E-state index contributed by atoms with van der Waals surface area (Å²) in [7, 11) is 0. The van der Waals surface area contributed by atoms with Crippen molar-refractivity contribution in [3.05, 3.63) is 23.8 Å². The second-order valence-corrected chi connectivity index (χ2v) is 6.71. The van der Waals surface area contributed by atoms with Gasteiger partial charge in [-0.1, -0.05) is 0 Å². The summed E-state index contributed by atoms with van der Waals surface area (Å²) in [6, 6.07) is 5.69. The second kappa shape index (κ2) is 5.34. The second-order valence-electron chi connectivity index (χ2n) is 6.71. The molecule has 21 heavy (non-hydrogen) atoms. The van der Waals surface area contributed by atoms with Crippen LogP contribution >= 0.6 is 0 Å². The first-order valence-electron chi connectivity index (χ1n) is 7.81. The first-order chi connectivity index (χ1) is 9.96. The Morgan fingerprint density at radius 1 is 1.33 bits per heavy atom. The Balaban J connectivity index is 1.79. The summed E-state index contributed by atoms with van der Waals surface area (Å²) < 4.78 is 5.93. The summed E-state index contributed by atoms with van der Waals surface area (Å²) in [5, 5.41) is 3.37. The third-order valence-electron chi connectivity index (χ3n) is 4.42. The molecule has 4 heteroatoms. The van der Waals surface area contributed by atoms with Crippen LogP contribution in [-0.2, 0) is 0 Å². The molecular formula is C17H24N2O2. The van der Waals surface area contributed by atoms with E-state index in [1.807, 2.05) is 25.1 Å². The summed E-state index contributed by atoms with van der Waals surface area (Å²) in [6.45, 7) is 8.94. The Morgan fingerprint density at radius 2 is 2.05 bits per heavy atom. The Bertz CT molecular complexity index is 548. The van der Waals surface area contributed by atoms with Gasteiger partial charge in [0.25, 0.3) is 0 Å². The van der Waals surface area contributed by atoms with Crippen LogP contribution < -0.4 is 10.1 Å². The van der Waals surface area contributed by atoms with E-state index in [4.69, 9.17) is 4.74 Å². The van der Waals surface area contributed by atoms with Crippen molar-refractivity contribution in [2.75, 3.05) is 25.0 Å². The van der Waals surface area contributed by atoms with Gasteiger partial charge in [-0.15, -0.1) is 0 Å². The molecular weight excluding hydrogens is 264 g/mol. The molecule has 0 aliphatic carbocycles. The van der Waals surface area contributed by atoms with Crippen molar-refractivity contribution in [2.45, 2.75) is 45.3 Å². The van der Waals surface area contributed by atoms with Crippen LogP contribution in [-0.4, -0.2) is 42.0 Å². The average molecular weight is 288 g/mol. The zero-order chi connectivity index (χ0) is 15.0. The maximum atomic E-state index is 12.6. The van der Waals surface area contributed by atoms with Gasteiger partial charge < -0.3 is 10.1 Å². The van der Waals surface area contributed by atoms with E-state index in [0.717, 1.165) is 36.6 Å². The molecule has 1 N–H and O–H groups in total. The van der Waals surface area contributed by atoms with Crippen molar-refractivity contribution < 1.29 is 9.53 Å². The highest BCUT2D eigenvalue weighted by atomic mass is 16.5. The van der Waals surface area contributed by atoms with Crippen molar-refractivity contribution in [1.29, 1.82) is 0 Å². The van der Waals surface area contributed by atoms with E-state index in [1.54, 1.807) is 0 Å². The van der Waals surface area contributed by atoms with E-state index in [-0.39, 0.29) is 17.4 Å². The number of nitrogens with zero attached hydrogens (tertiary/aromatic N) is 1. The normalized spacial score (nSPS) is 22.0. The van der Waals surface area contributed by atoms with Gasteiger partial charge in [-0.3, -0.25) is 9.69 Å². The lowest BCUT2D eigenvalue weighted by Gasteiger charge is -2.33. The fraction of sp³-hybridized carbons (Fsp3) is 0.588. The molecule has 1 atom stereocenters. The average Bonchev–Trinajstić information content (AvgIpc) is 2.98. The number of fused-ring (bicyclic) bond motifs is 1. The summed E-state index contributed by atoms with van der Waals surface area (Å²) in [5.74, 6) is 1.03. The monoisotopic (exact) mass is 288 g/mol. The van der Waals surface area contributed by atoms with Crippen LogP contribution in [0, 0.1) is 0 Å². The van der Waals surface area contributed by atoms with Gasteiger partial charge in [-0.2, -0.15) is 0 Å². The summed E-state index contributed by atoms with van der Waals surface area (Å²) in [6.07, 6.45) is 2.40. The number of rotatable bonds is 3. The van der Waals surface area contributed by atoms with Gasteiger partial charge in [0.05, 0.1) is 18.3 Å². The number of carbonyl (C=O) groups is 1. The topological polar surface area (TPSA) is 41.6 Å². The largest absolute Gasteiger partial charge is 0.484 e. The minimum atomic E-state index is -0.207. The zero-order valence-electron chi connectivity index (χ0n) is 13.1. The van der Waals surface area contributed by atoms with Crippen LogP contribution in [0.4, 0.5) is 5.69 Å². The number of anilines is 1. The van der Waals surface area contributed by atoms with Crippen molar-refractivity contribution >= 4 is 11.5 Å². The molecule has 1 aromatic carbocycles. The van der Waals surface area contributed by atoms with E-state index in [0.29, 0.717) is 0 Å². The molecule has 1 saturated heterocycles. The molecule has 4 nitrogen and oxygen atoms in total. The smallest absolute Gasteiger partial charge is 0.179 e. The van der Waals surface area contributed by atoms with Crippen LogP contribution in [0.1, 0.15) is 44.0 Å². The number of ketones is 1. The van der Waals surface area contributed by atoms with E-state index >= 15 is 0 Å². The molecule has 1 fully saturated rings. The molecule has 2 aliphatic heterocycles. The predicted octanol–water partition coefficient (Wildman–Crippen LogP) is 2.94. The highest BCUT2D eigenvalue weighted by molar-refractivity contribution is 6.01. The summed E-state index contributed by atoms with van der Waals surface area (Å²) >= 11 is 0. The Labute approximate surface area is 126 Å². The van der Waals surface area contributed by atoms with Crippen molar-refractivity contribution in [2.24, 2.45) is 0 Å². The summed E-state index contributed by atoms with van der Waals surface area (Å²) in [4.78, 5) is 14.9. The molecule has 0 bridgehead atoms. The van der Waals surface area contributed by atoms with Gasteiger partial charge in [0.1, 0.15) is 11.4 Å². The molecule has 2 aliphatic rings. The van der Waals surface area contributed by atoms with E-state index in [1.165, 1.54) is 12.8 Å². The standard InChI is InChI=1S/C17H24N2O2/c1-12(19-8-4-5-9-19)16(20)13-6-7-15-14(10-13)18-11-17(2,3)21-15/h6-7,10,12,18H,4-5,8-9,11H2,1-3H3. The number of carbonyl (C=O) groups excluding carboxylic acids is 1. The fourth-order valence-corrected chi connectivity index (χ4v) is 3.09. The van der Waals surface area contributed by atoms with Crippen LogP contribution in [0.15, 0.2) is 18.2 Å². The van der Waals surface area contributed by atoms with E-state index in [2.05, 4.69) is 24.1 Å². The van der Waals surface area contributed by atoms with Crippen LogP contribution in [0.5, 0.6) is 5.75 Å². The number of nitrogens with one attached hydrogen (secondary N) is 1. The van der Waals surface area contributed by atoms with Gasteiger partial charge in [0, 0.05) is 5.56 Å². The number of Topliss-reactive ketones (excluding diaryl/α,β-unsaturated/α-hetero) is 1. The van der Waals surface area contributed by atoms with Gasteiger partial charge in [0.15, 0.2) is 5.78 Å². The number of hydrogen-bond acceptors (Lipinski definition) is 4. The molecule has 2 heterocycles. The number of ether oxygens (including phenoxy) is 1. The Kier molecular flexibility index (Phi) is 3.66. The third-order valence-corrected chi connectivity index (χ3v) is 4.42. The maximum Gasteiger partial charge on any atom is 0.179 e. The lowest BCUT2D eigenvalue weighted by Crippen LogP contribution is -2.40. The van der Waals surface area contributed by atoms with Gasteiger partial charge in [0.2, 0.25) is 0 Å². The molecule has 1 unspecified atom stereocenters. The highest BCUT2D eigenvalue weighted by Gasteiger charge is 2.28. The van der Waals surface area contributed by atoms with Gasteiger partial charge >= 0.3 is 0 Å². The van der Waals surface area contributed by atoms with E-state index < -0.39 is 0 Å². The molecule has 114 valence electrons. The first-order valence-corrected chi connectivity index (χ1v) is 7.81. The minimum Gasteiger partial charge on any atom is -0.484 e. The third kappa shape index (κ3) is 2.91. The van der Waals surface area contributed by atoms with Crippen LogP contribution in [0.2, 0.25) is 0 Å². The lowest BCUT2D eigenvalue weighted by atomic mass is 10.0. The molecule has 0 radical (unpaired) electrons. The Morgan fingerprint density at radius 3 is 2.76 bits per heavy atom. The van der Waals surface area contributed by atoms with Gasteiger partial charge in [-0.05, 0) is 64.9 Å². The fourth-order valence-electron chi connectivity index (χ4n) is 3.09. The van der Waals surface area contributed by atoms with E-state index in [9.17, 15) is 4.79 Å². The zero-order valence-corrected chi connectivity index (χ0v) is 13.1. The number of likely N-dealkylation sites (tertiary alicyclic amines) is 1.